The fourth-order valence-electron chi connectivity index (χ4n) is 4.26. The van der Waals surface area contributed by atoms with Gasteiger partial charge in [0.25, 0.3) is 0 Å². The van der Waals surface area contributed by atoms with Gasteiger partial charge in [-0.05, 0) is 49.5 Å². The fraction of sp³-hybridized carbons (Fsp3) is 0.360. The smallest absolute Gasteiger partial charge is 0.416 e. The number of halogens is 2. The highest BCUT2D eigenvalue weighted by molar-refractivity contribution is 6.65. The summed E-state index contributed by atoms with van der Waals surface area (Å²) in [4.78, 5) is 9.32. The van der Waals surface area contributed by atoms with E-state index in [1.54, 1.807) is 0 Å². The van der Waals surface area contributed by atoms with Gasteiger partial charge in [0.05, 0.1) is 5.60 Å². The summed E-state index contributed by atoms with van der Waals surface area (Å²) in [5.41, 5.74) is 1.80. The fourth-order valence-corrected chi connectivity index (χ4v) is 4.26. The summed E-state index contributed by atoms with van der Waals surface area (Å²) in [6, 6.07) is 10.2. The summed E-state index contributed by atoms with van der Waals surface area (Å²) in [6.07, 6.45) is 0.673. The molecule has 2 N–H and O–H groups in total. The van der Waals surface area contributed by atoms with Crippen LogP contribution in [-0.2, 0) is 17.6 Å². The monoisotopic (exact) mass is 464 g/mol. The molecule has 0 aliphatic carbocycles. The minimum Gasteiger partial charge on any atom is -0.450 e. The third kappa shape index (κ3) is 4.37. The van der Waals surface area contributed by atoms with Gasteiger partial charge in [0.2, 0.25) is 0 Å². The maximum Gasteiger partial charge on any atom is 0.416 e. The Hall–Kier alpha value is -3.04. The Bertz CT molecular complexity index is 1350. The van der Waals surface area contributed by atoms with E-state index in [0.29, 0.717) is 52.7 Å². The number of rotatable bonds is 6. The maximum absolute atomic E-state index is 15.0. The van der Waals surface area contributed by atoms with Gasteiger partial charge >= 0.3 is 7.05 Å². The zero-order valence-corrected chi connectivity index (χ0v) is 19.7. The van der Waals surface area contributed by atoms with Gasteiger partial charge in [0, 0.05) is 30.5 Å². The number of hydrogen-bond donors (Lipinski definition) is 2. The molecule has 4 aromatic rings. The van der Waals surface area contributed by atoms with Crippen LogP contribution in [0.4, 0.5) is 14.6 Å². The molecule has 0 atom stereocenters. The first-order valence-corrected chi connectivity index (χ1v) is 11.5. The van der Waals surface area contributed by atoms with Crippen LogP contribution in [0.3, 0.4) is 0 Å². The molecule has 0 radical (unpaired) electrons. The number of furan rings is 1. The Kier molecular flexibility index (Phi) is 5.77. The molecule has 0 amide bonds. The highest BCUT2D eigenvalue weighted by Crippen LogP contribution is 2.32. The molecule has 176 valence electrons. The number of nitrogens with one attached hydrogen (secondary N) is 2. The van der Waals surface area contributed by atoms with Gasteiger partial charge < -0.3 is 19.6 Å². The molecule has 1 fully saturated rings. The number of hydrogen-bond acceptors (Lipinski definition) is 6. The van der Waals surface area contributed by atoms with E-state index < -0.39 is 24.3 Å². The Morgan fingerprint density at radius 2 is 1.88 bits per heavy atom. The lowest BCUT2D eigenvalue weighted by Crippen LogP contribution is -2.42. The summed E-state index contributed by atoms with van der Waals surface area (Å²) >= 11 is 0. The zero-order valence-electron chi connectivity index (χ0n) is 19.7. The molecular formula is C25H27BF2N4O2. The van der Waals surface area contributed by atoms with Crippen LogP contribution in [-0.4, -0.2) is 29.2 Å². The molecule has 1 saturated heterocycles. The lowest BCUT2D eigenvalue weighted by Gasteiger charge is -2.17. The van der Waals surface area contributed by atoms with Gasteiger partial charge in [-0.3, -0.25) is 0 Å². The van der Waals surface area contributed by atoms with Crippen molar-refractivity contribution in [1.82, 2.24) is 15.2 Å². The number of para-hydroxylation sites is 1. The van der Waals surface area contributed by atoms with Gasteiger partial charge in [-0.2, -0.15) is 0 Å². The summed E-state index contributed by atoms with van der Waals surface area (Å²) in [7, 11) is -0.545. The van der Waals surface area contributed by atoms with Crippen molar-refractivity contribution in [3.63, 3.8) is 0 Å². The van der Waals surface area contributed by atoms with Gasteiger partial charge in [-0.1, -0.05) is 26.0 Å². The molecule has 6 nitrogen and oxygen atoms in total. The van der Waals surface area contributed by atoms with Crippen molar-refractivity contribution >= 4 is 40.4 Å². The molecule has 5 rings (SSSR count). The van der Waals surface area contributed by atoms with E-state index in [2.05, 4.69) is 29.4 Å². The number of benzene rings is 2. The predicted molar refractivity (Wildman–Crippen MR) is 130 cm³/mol. The number of aromatic nitrogens is 2. The molecule has 0 bridgehead atoms. The molecule has 1 aliphatic heterocycles. The van der Waals surface area contributed by atoms with Crippen LogP contribution in [0.25, 0.3) is 22.1 Å². The van der Waals surface area contributed by atoms with E-state index in [4.69, 9.17) is 14.1 Å². The number of fused-ring (bicyclic) bond motifs is 3. The van der Waals surface area contributed by atoms with Crippen LogP contribution in [0.5, 0.6) is 0 Å². The molecule has 0 unspecified atom stereocenters. The maximum atomic E-state index is 15.0. The van der Waals surface area contributed by atoms with Crippen molar-refractivity contribution in [3.8, 4) is 0 Å². The normalized spacial score (nSPS) is 15.7. The van der Waals surface area contributed by atoms with Crippen molar-refractivity contribution < 1.29 is 17.9 Å². The van der Waals surface area contributed by atoms with E-state index >= 15 is 0 Å². The highest BCUT2D eigenvalue weighted by atomic mass is 19.1. The second kappa shape index (κ2) is 8.63. The molecule has 0 spiro atoms. The van der Waals surface area contributed by atoms with Crippen LogP contribution in [0, 0.1) is 17.6 Å². The Labute approximate surface area is 197 Å². The van der Waals surface area contributed by atoms with Crippen molar-refractivity contribution in [3.05, 3.63) is 59.4 Å². The summed E-state index contributed by atoms with van der Waals surface area (Å²) in [5.74, 6) is 0.134. The third-order valence-electron chi connectivity index (χ3n) is 5.91. The molecule has 0 saturated carbocycles. The number of nitrogens with zero attached hydrogens (tertiary/aromatic N) is 2. The predicted octanol–water partition coefficient (Wildman–Crippen LogP) is 4.56. The first kappa shape index (κ1) is 22.7. The number of anilines is 1. The Balaban J connectivity index is 1.46. The lowest BCUT2D eigenvalue weighted by atomic mass is 9.74. The third-order valence-corrected chi connectivity index (χ3v) is 5.91. The van der Waals surface area contributed by atoms with Crippen LogP contribution in [0.2, 0.25) is 0 Å². The molecular weight excluding hydrogens is 437 g/mol. The second-order valence-electron chi connectivity index (χ2n) is 9.82. The molecule has 9 heteroatoms. The average molecular weight is 464 g/mol. The van der Waals surface area contributed by atoms with E-state index in [1.807, 2.05) is 38.1 Å². The summed E-state index contributed by atoms with van der Waals surface area (Å²) in [5, 5.41) is 7.12. The van der Waals surface area contributed by atoms with Crippen LogP contribution < -0.4 is 16.0 Å². The molecule has 3 heterocycles. The minimum absolute atomic E-state index is 0.0747. The first-order valence-electron chi connectivity index (χ1n) is 11.5. The van der Waals surface area contributed by atoms with E-state index in [1.165, 1.54) is 12.1 Å². The van der Waals surface area contributed by atoms with Gasteiger partial charge in [0.15, 0.2) is 11.4 Å². The SMILES string of the molecule is CC(C)Cc1nc(NCc2c(F)cc(B3NCC(C)(C)O3)cc2F)c2oc3ccccc3c2n1. The van der Waals surface area contributed by atoms with Gasteiger partial charge in [-0.25, -0.2) is 18.7 Å². The lowest BCUT2D eigenvalue weighted by molar-refractivity contribution is 0.150. The molecule has 2 aromatic heterocycles. The van der Waals surface area contributed by atoms with Crippen LogP contribution >= 0.6 is 0 Å². The van der Waals surface area contributed by atoms with Gasteiger partial charge in [0.1, 0.15) is 28.6 Å². The largest absolute Gasteiger partial charge is 0.450 e. The Morgan fingerprint density at radius 3 is 2.56 bits per heavy atom. The van der Waals surface area contributed by atoms with Crippen molar-refractivity contribution in [2.75, 3.05) is 11.9 Å². The van der Waals surface area contributed by atoms with Crippen LogP contribution in [0.1, 0.15) is 39.1 Å². The van der Waals surface area contributed by atoms with Gasteiger partial charge in [-0.15, -0.1) is 0 Å². The van der Waals surface area contributed by atoms with Crippen LogP contribution in [0.15, 0.2) is 40.8 Å². The van der Waals surface area contributed by atoms with E-state index in [-0.39, 0.29) is 12.1 Å². The topological polar surface area (TPSA) is 72.2 Å². The van der Waals surface area contributed by atoms with E-state index in [0.717, 1.165) is 5.39 Å². The molecule has 1 aliphatic rings. The second-order valence-corrected chi connectivity index (χ2v) is 9.82. The first-order chi connectivity index (χ1) is 16.2. The standard InChI is InChI=1S/C25H27BF2N4O2/c1-14(2)9-21-31-22-16-7-5-6-8-20(16)33-23(22)24(32-21)29-12-17-18(27)10-15(11-19(17)28)26-30-13-25(3,4)34-26/h5-8,10-11,14,30H,9,12-13H2,1-4H3,(H,29,31,32). The summed E-state index contributed by atoms with van der Waals surface area (Å²) < 4.78 is 41.8. The van der Waals surface area contributed by atoms with E-state index in [9.17, 15) is 8.78 Å². The molecule has 34 heavy (non-hydrogen) atoms. The van der Waals surface area contributed by atoms with Crippen molar-refractivity contribution in [1.29, 1.82) is 0 Å². The molecule has 2 aromatic carbocycles. The quantitative estimate of drug-likeness (QED) is 0.408. The minimum atomic E-state index is -0.644. The highest BCUT2D eigenvalue weighted by Gasteiger charge is 2.36. The average Bonchev–Trinajstić information content (AvgIpc) is 3.32. The zero-order chi connectivity index (χ0) is 24.0. The summed E-state index contributed by atoms with van der Waals surface area (Å²) in [6.45, 7) is 8.55. The van der Waals surface area contributed by atoms with Crippen molar-refractivity contribution in [2.45, 2.75) is 46.3 Å². The van der Waals surface area contributed by atoms with Crippen molar-refractivity contribution in [2.24, 2.45) is 5.92 Å². The Morgan fingerprint density at radius 1 is 1.15 bits per heavy atom.